The summed E-state index contributed by atoms with van der Waals surface area (Å²) < 4.78 is 5.33. The summed E-state index contributed by atoms with van der Waals surface area (Å²) in [5.74, 6) is -0.208. The van der Waals surface area contributed by atoms with Crippen LogP contribution in [0.1, 0.15) is 24.3 Å². The molecule has 0 bridgehead atoms. The summed E-state index contributed by atoms with van der Waals surface area (Å²) >= 11 is 1.52. The van der Waals surface area contributed by atoms with Crippen molar-refractivity contribution in [2.45, 2.75) is 24.0 Å². The SMILES string of the molecule is COc1ccccc1C1SC(C)C(=O)N1CCC(=O)O. The van der Waals surface area contributed by atoms with Gasteiger partial charge in [-0.25, -0.2) is 0 Å². The van der Waals surface area contributed by atoms with Gasteiger partial charge in [-0.2, -0.15) is 0 Å². The number of ether oxygens (including phenoxy) is 1. The Morgan fingerprint density at radius 1 is 1.45 bits per heavy atom. The van der Waals surface area contributed by atoms with E-state index >= 15 is 0 Å². The lowest BCUT2D eigenvalue weighted by atomic mass is 10.1. The van der Waals surface area contributed by atoms with Crippen molar-refractivity contribution in [2.75, 3.05) is 13.7 Å². The molecule has 1 aliphatic heterocycles. The standard InChI is InChI=1S/C14H17NO4S/c1-9-13(18)15(8-7-12(16)17)14(20-9)10-5-3-4-6-11(10)19-2/h3-6,9,14H,7-8H2,1-2H3,(H,16,17). The van der Waals surface area contributed by atoms with Crippen molar-refractivity contribution in [3.8, 4) is 5.75 Å². The fourth-order valence-electron chi connectivity index (χ4n) is 2.23. The van der Waals surface area contributed by atoms with Gasteiger partial charge < -0.3 is 14.7 Å². The van der Waals surface area contributed by atoms with Crippen molar-refractivity contribution >= 4 is 23.6 Å². The zero-order chi connectivity index (χ0) is 14.7. The average Bonchev–Trinajstić information content (AvgIpc) is 2.72. The van der Waals surface area contributed by atoms with Crippen LogP contribution < -0.4 is 4.74 Å². The number of hydrogen-bond donors (Lipinski definition) is 1. The molecule has 2 atom stereocenters. The summed E-state index contributed by atoms with van der Waals surface area (Å²) in [4.78, 5) is 24.5. The van der Waals surface area contributed by atoms with Crippen molar-refractivity contribution in [2.24, 2.45) is 0 Å². The first-order valence-electron chi connectivity index (χ1n) is 6.35. The Labute approximate surface area is 121 Å². The van der Waals surface area contributed by atoms with E-state index in [0.717, 1.165) is 5.56 Å². The number of benzene rings is 1. The van der Waals surface area contributed by atoms with Crippen LogP contribution in [-0.2, 0) is 9.59 Å². The molecule has 1 aromatic carbocycles. The van der Waals surface area contributed by atoms with Crippen molar-refractivity contribution in [1.82, 2.24) is 4.90 Å². The van der Waals surface area contributed by atoms with Crippen molar-refractivity contribution in [3.63, 3.8) is 0 Å². The number of amides is 1. The molecule has 0 spiro atoms. The third-order valence-electron chi connectivity index (χ3n) is 3.22. The summed E-state index contributed by atoms with van der Waals surface area (Å²) in [6, 6.07) is 7.52. The largest absolute Gasteiger partial charge is 0.496 e. The molecule has 1 saturated heterocycles. The lowest BCUT2D eigenvalue weighted by Gasteiger charge is -2.24. The Morgan fingerprint density at radius 3 is 2.80 bits per heavy atom. The Balaban J connectivity index is 2.27. The number of carboxylic acids is 1. The molecule has 0 radical (unpaired) electrons. The Bertz CT molecular complexity index is 520. The predicted octanol–water partition coefficient (Wildman–Crippen LogP) is 2.13. The quantitative estimate of drug-likeness (QED) is 0.901. The van der Waals surface area contributed by atoms with Crippen molar-refractivity contribution < 1.29 is 19.4 Å². The van der Waals surface area contributed by atoms with E-state index in [9.17, 15) is 9.59 Å². The van der Waals surface area contributed by atoms with Gasteiger partial charge in [0.15, 0.2) is 0 Å². The van der Waals surface area contributed by atoms with Gasteiger partial charge in [-0.1, -0.05) is 18.2 Å². The minimum Gasteiger partial charge on any atom is -0.496 e. The second kappa shape index (κ2) is 6.17. The summed E-state index contributed by atoms with van der Waals surface area (Å²) in [7, 11) is 1.59. The van der Waals surface area contributed by atoms with E-state index in [1.54, 1.807) is 12.0 Å². The van der Waals surface area contributed by atoms with Crippen LogP contribution in [0.2, 0.25) is 0 Å². The molecule has 20 heavy (non-hydrogen) atoms. The molecule has 1 aliphatic rings. The number of rotatable bonds is 5. The van der Waals surface area contributed by atoms with E-state index in [1.807, 2.05) is 31.2 Å². The number of carbonyl (C=O) groups excluding carboxylic acids is 1. The Morgan fingerprint density at radius 2 is 2.15 bits per heavy atom. The number of hydrogen-bond acceptors (Lipinski definition) is 4. The maximum absolute atomic E-state index is 12.2. The highest BCUT2D eigenvalue weighted by Crippen LogP contribution is 2.45. The molecular formula is C14H17NO4S. The first kappa shape index (κ1) is 14.7. The molecule has 1 aromatic rings. The number of nitrogens with zero attached hydrogens (tertiary/aromatic N) is 1. The van der Waals surface area contributed by atoms with Gasteiger partial charge in [0.25, 0.3) is 0 Å². The van der Waals surface area contributed by atoms with Crippen LogP contribution in [-0.4, -0.2) is 40.8 Å². The molecule has 0 aromatic heterocycles. The minimum atomic E-state index is -0.902. The molecular weight excluding hydrogens is 278 g/mol. The van der Waals surface area contributed by atoms with Crippen LogP contribution in [0.15, 0.2) is 24.3 Å². The summed E-state index contributed by atoms with van der Waals surface area (Å²) in [6.07, 6.45) is -0.0509. The Hall–Kier alpha value is -1.69. The predicted molar refractivity (Wildman–Crippen MR) is 76.8 cm³/mol. The molecule has 1 amide bonds. The van der Waals surface area contributed by atoms with E-state index in [2.05, 4.69) is 0 Å². The highest BCUT2D eigenvalue weighted by atomic mass is 32.2. The van der Waals surface area contributed by atoms with Gasteiger partial charge >= 0.3 is 5.97 Å². The van der Waals surface area contributed by atoms with Crippen molar-refractivity contribution in [1.29, 1.82) is 0 Å². The van der Waals surface area contributed by atoms with Crippen LogP contribution in [0, 0.1) is 0 Å². The number of carbonyl (C=O) groups is 2. The first-order valence-corrected chi connectivity index (χ1v) is 7.29. The lowest BCUT2D eigenvalue weighted by molar-refractivity contribution is -0.138. The molecule has 1 N–H and O–H groups in total. The molecule has 0 saturated carbocycles. The zero-order valence-electron chi connectivity index (χ0n) is 11.4. The normalized spacial score (nSPS) is 22.1. The molecule has 2 rings (SSSR count). The number of thioether (sulfide) groups is 1. The van der Waals surface area contributed by atoms with E-state index in [1.165, 1.54) is 11.8 Å². The second-order valence-electron chi connectivity index (χ2n) is 4.55. The van der Waals surface area contributed by atoms with Gasteiger partial charge in [-0.15, -0.1) is 11.8 Å². The fourth-order valence-corrected chi connectivity index (χ4v) is 3.57. The van der Waals surface area contributed by atoms with Crippen LogP contribution in [0.3, 0.4) is 0 Å². The molecule has 108 valence electrons. The lowest BCUT2D eigenvalue weighted by Crippen LogP contribution is -2.32. The number of carboxylic acid groups (broad SMARTS) is 1. The van der Waals surface area contributed by atoms with Gasteiger partial charge in [0, 0.05) is 12.1 Å². The van der Waals surface area contributed by atoms with Crippen LogP contribution in [0.4, 0.5) is 0 Å². The van der Waals surface area contributed by atoms with E-state index in [-0.39, 0.29) is 29.5 Å². The third kappa shape index (κ3) is 2.90. The zero-order valence-corrected chi connectivity index (χ0v) is 12.2. The van der Waals surface area contributed by atoms with Crippen LogP contribution >= 0.6 is 11.8 Å². The highest BCUT2D eigenvalue weighted by molar-refractivity contribution is 8.01. The van der Waals surface area contributed by atoms with Gasteiger partial charge in [0.05, 0.1) is 18.8 Å². The highest BCUT2D eigenvalue weighted by Gasteiger charge is 2.39. The van der Waals surface area contributed by atoms with Crippen molar-refractivity contribution in [3.05, 3.63) is 29.8 Å². The molecule has 1 heterocycles. The third-order valence-corrected chi connectivity index (χ3v) is 4.59. The maximum atomic E-state index is 12.2. The Kier molecular flexibility index (Phi) is 4.54. The molecule has 6 heteroatoms. The van der Waals surface area contributed by atoms with Gasteiger partial charge in [0.2, 0.25) is 5.91 Å². The van der Waals surface area contributed by atoms with Gasteiger partial charge in [-0.3, -0.25) is 9.59 Å². The number of methoxy groups -OCH3 is 1. The fraction of sp³-hybridized carbons (Fsp3) is 0.429. The summed E-state index contributed by atoms with van der Waals surface area (Å²) in [5, 5.41) is 8.46. The molecule has 5 nitrogen and oxygen atoms in total. The molecule has 2 unspecified atom stereocenters. The van der Waals surface area contributed by atoms with E-state index in [4.69, 9.17) is 9.84 Å². The molecule has 1 fully saturated rings. The van der Waals surface area contributed by atoms with E-state index in [0.29, 0.717) is 5.75 Å². The first-order chi connectivity index (χ1) is 9.54. The van der Waals surface area contributed by atoms with E-state index < -0.39 is 5.97 Å². The van der Waals surface area contributed by atoms with Crippen LogP contribution in [0.25, 0.3) is 0 Å². The second-order valence-corrected chi connectivity index (χ2v) is 5.97. The summed E-state index contributed by atoms with van der Waals surface area (Å²) in [6.45, 7) is 2.06. The minimum absolute atomic E-state index is 0.0212. The summed E-state index contributed by atoms with van der Waals surface area (Å²) in [5.41, 5.74) is 0.906. The average molecular weight is 295 g/mol. The number of aliphatic carboxylic acids is 1. The number of para-hydroxylation sites is 1. The van der Waals surface area contributed by atoms with Gasteiger partial charge in [-0.05, 0) is 13.0 Å². The van der Waals surface area contributed by atoms with Gasteiger partial charge in [0.1, 0.15) is 11.1 Å². The topological polar surface area (TPSA) is 66.8 Å². The van der Waals surface area contributed by atoms with Crippen LogP contribution in [0.5, 0.6) is 5.75 Å². The molecule has 0 aliphatic carbocycles. The maximum Gasteiger partial charge on any atom is 0.305 e. The monoisotopic (exact) mass is 295 g/mol. The smallest absolute Gasteiger partial charge is 0.305 e.